The number of pyridine rings is 1. The Morgan fingerprint density at radius 2 is 1.12 bits per heavy atom. The van der Waals surface area contributed by atoms with Crippen molar-refractivity contribution in [3.8, 4) is 22.8 Å². The first-order chi connectivity index (χ1) is 22.8. The maximum atomic E-state index is 4.12. The van der Waals surface area contributed by atoms with E-state index in [2.05, 4.69) is 125 Å². The van der Waals surface area contributed by atoms with E-state index < -0.39 is 0 Å². The number of rotatable bonds is 3. The minimum Gasteiger partial charge on any atom is -0.574 e. The topological polar surface area (TPSA) is 57.5 Å². The molecule has 0 saturated heterocycles. The molecule has 0 spiro atoms. The predicted octanol–water partition coefficient (Wildman–Crippen LogP) is 6.44. The van der Waals surface area contributed by atoms with Crippen molar-refractivity contribution in [3.05, 3.63) is 156 Å². The number of nitrogens with zero attached hydrogens (tertiary/aromatic N) is 7. The van der Waals surface area contributed by atoms with Crippen LogP contribution >= 0.6 is 0 Å². The van der Waals surface area contributed by atoms with Gasteiger partial charge in [0, 0.05) is 38.2 Å². The number of aromatic nitrogens is 7. The van der Waals surface area contributed by atoms with Crippen molar-refractivity contribution in [2.24, 2.45) is 14.1 Å². The standard InChI is InChI=1S/2C16H15N2.C8H6N3.Ir/c2*1-12-8-9-14(13(2)10-12)18-11-17(3)15-6-4-5-7-16(15)18;1-2-5-9-7(3-1)8-4-6-10-11-8;/h2*4-8,10H,1-3H3;1-6H;/q3*-1;. The molecule has 0 saturated carbocycles. The molecule has 0 amide bonds. The maximum absolute atomic E-state index is 4.12. The summed E-state index contributed by atoms with van der Waals surface area (Å²) in [5, 5.41) is 7.58. The quantitative estimate of drug-likeness (QED) is 0.153. The van der Waals surface area contributed by atoms with Crippen LogP contribution in [0.2, 0.25) is 0 Å². The molecule has 0 aliphatic rings. The summed E-state index contributed by atoms with van der Waals surface area (Å²) < 4.78 is 8.18. The molecular weight excluding hydrogens is 771 g/mol. The summed E-state index contributed by atoms with van der Waals surface area (Å²) in [5.74, 6) is 0. The third-order valence-corrected chi connectivity index (χ3v) is 7.82. The van der Waals surface area contributed by atoms with E-state index in [1.807, 2.05) is 71.8 Å². The Morgan fingerprint density at radius 3 is 1.56 bits per heavy atom. The van der Waals surface area contributed by atoms with Crippen LogP contribution in [-0.4, -0.2) is 19.2 Å². The number of imidazole rings is 2. The number of aryl methyl sites for hydroxylation is 6. The molecule has 0 atom stereocenters. The van der Waals surface area contributed by atoms with Gasteiger partial charge < -0.3 is 28.5 Å². The van der Waals surface area contributed by atoms with Gasteiger partial charge in [0.25, 0.3) is 0 Å². The Kier molecular flexibility index (Phi) is 10.8. The molecule has 0 fully saturated rings. The second kappa shape index (κ2) is 15.2. The summed E-state index contributed by atoms with van der Waals surface area (Å²) in [7, 11) is 4.03. The molecule has 1 radical (unpaired) electrons. The number of para-hydroxylation sites is 4. The van der Waals surface area contributed by atoms with Gasteiger partial charge in [-0.15, -0.1) is 0 Å². The van der Waals surface area contributed by atoms with Gasteiger partial charge in [-0.05, 0) is 12.1 Å². The summed E-state index contributed by atoms with van der Waals surface area (Å²) in [6, 6.07) is 39.2. The van der Waals surface area contributed by atoms with E-state index in [0.29, 0.717) is 0 Å². The van der Waals surface area contributed by atoms with E-state index in [1.54, 1.807) is 12.4 Å². The fourth-order valence-electron chi connectivity index (χ4n) is 5.59. The summed E-state index contributed by atoms with van der Waals surface area (Å²) in [6.07, 6.45) is 10.1. The molecule has 0 aliphatic heterocycles. The van der Waals surface area contributed by atoms with Gasteiger partial charge in [-0.1, -0.05) is 105 Å². The molecule has 0 aliphatic carbocycles. The van der Waals surface area contributed by atoms with Crippen molar-refractivity contribution < 1.29 is 29.2 Å². The fraction of sp³-hybridized carbons (Fsp3) is 0.150. The van der Waals surface area contributed by atoms with Crippen molar-refractivity contribution in [2.45, 2.75) is 27.7 Å². The molecular formula is C40H36IrN7-3. The van der Waals surface area contributed by atoms with Gasteiger partial charge in [-0.3, -0.25) is 4.98 Å². The zero-order valence-corrected chi connectivity index (χ0v) is 30.3. The number of hydrogen-bond acceptors (Lipinski definition) is 2. The van der Waals surface area contributed by atoms with Crippen LogP contribution in [0.3, 0.4) is 0 Å². The van der Waals surface area contributed by atoms with E-state index in [4.69, 9.17) is 0 Å². The van der Waals surface area contributed by atoms with Crippen LogP contribution in [-0.2, 0) is 34.2 Å². The largest absolute Gasteiger partial charge is 0.574 e. The Bertz CT molecular complexity index is 2140. The van der Waals surface area contributed by atoms with Crippen LogP contribution in [0, 0.1) is 52.5 Å². The van der Waals surface area contributed by atoms with Gasteiger partial charge >= 0.3 is 0 Å². The van der Waals surface area contributed by atoms with Crippen LogP contribution in [0.25, 0.3) is 44.8 Å². The van der Waals surface area contributed by atoms with E-state index in [1.165, 1.54) is 33.3 Å². The Labute approximate surface area is 295 Å². The summed E-state index contributed by atoms with van der Waals surface area (Å²) in [4.78, 5) is 4.12. The fourth-order valence-corrected chi connectivity index (χ4v) is 5.59. The zero-order valence-electron chi connectivity index (χ0n) is 27.9. The van der Waals surface area contributed by atoms with Gasteiger partial charge in [0.15, 0.2) is 0 Å². The molecule has 0 unspecified atom stereocenters. The molecule has 243 valence electrons. The van der Waals surface area contributed by atoms with Crippen molar-refractivity contribution in [1.29, 1.82) is 0 Å². The molecule has 8 heteroatoms. The molecule has 7 nitrogen and oxygen atoms in total. The van der Waals surface area contributed by atoms with Crippen LogP contribution < -0.4 is 14.2 Å². The predicted molar refractivity (Wildman–Crippen MR) is 184 cm³/mol. The van der Waals surface area contributed by atoms with Crippen molar-refractivity contribution >= 4 is 22.1 Å². The number of hydrogen-bond donors (Lipinski definition) is 0. The average Bonchev–Trinajstić information content (AvgIpc) is 3.82. The van der Waals surface area contributed by atoms with Gasteiger partial charge in [0.2, 0.25) is 12.7 Å². The van der Waals surface area contributed by atoms with Crippen LogP contribution in [0.5, 0.6) is 0 Å². The van der Waals surface area contributed by atoms with Gasteiger partial charge in [-0.25, -0.2) is 0 Å². The minimum absolute atomic E-state index is 0. The molecule has 0 bridgehead atoms. The SMILES string of the molecule is Cc1c[c-]c(-n2[c-][n+](C)c3ccccc32)c(C)c1.Cc1c[c-]c(-n2[c-][n+](C)c3ccccc32)c(C)c1.[Ir].c1ccc(-c2ccn[n-]2)nc1. The molecule has 4 aromatic carbocycles. The summed E-state index contributed by atoms with van der Waals surface area (Å²) in [6.45, 7) is 8.40. The summed E-state index contributed by atoms with van der Waals surface area (Å²) >= 11 is 0. The Balaban J connectivity index is 0.000000144. The zero-order chi connectivity index (χ0) is 32.9. The van der Waals surface area contributed by atoms with Crippen molar-refractivity contribution in [2.75, 3.05) is 0 Å². The minimum atomic E-state index is 0. The third kappa shape index (κ3) is 7.36. The molecule has 48 heavy (non-hydrogen) atoms. The average molecular weight is 807 g/mol. The van der Waals surface area contributed by atoms with Crippen molar-refractivity contribution in [1.82, 2.24) is 24.3 Å². The maximum Gasteiger partial charge on any atom is 0.242 e. The van der Waals surface area contributed by atoms with Crippen LogP contribution in [0.4, 0.5) is 0 Å². The monoisotopic (exact) mass is 807 g/mol. The first-order valence-electron chi connectivity index (χ1n) is 15.4. The second-order valence-corrected chi connectivity index (χ2v) is 11.5. The molecule has 8 aromatic rings. The van der Waals surface area contributed by atoms with Gasteiger partial charge in [0.05, 0.1) is 36.2 Å². The Hall–Kier alpha value is -5.17. The molecule has 8 rings (SSSR count). The van der Waals surface area contributed by atoms with E-state index in [9.17, 15) is 0 Å². The smallest absolute Gasteiger partial charge is 0.242 e. The van der Waals surface area contributed by atoms with E-state index in [-0.39, 0.29) is 20.1 Å². The summed E-state index contributed by atoms with van der Waals surface area (Å²) in [5.41, 5.74) is 13.4. The molecule has 0 N–H and O–H groups in total. The van der Waals surface area contributed by atoms with E-state index in [0.717, 1.165) is 33.8 Å². The van der Waals surface area contributed by atoms with Gasteiger partial charge in [0.1, 0.15) is 0 Å². The Morgan fingerprint density at radius 1 is 0.625 bits per heavy atom. The van der Waals surface area contributed by atoms with Gasteiger partial charge in [-0.2, -0.15) is 58.7 Å². The third-order valence-electron chi connectivity index (χ3n) is 7.82. The normalized spacial score (nSPS) is 10.5. The molecule has 4 aromatic heterocycles. The first-order valence-corrected chi connectivity index (χ1v) is 15.4. The first kappa shape index (κ1) is 34.2. The van der Waals surface area contributed by atoms with E-state index >= 15 is 0 Å². The van der Waals surface area contributed by atoms with Crippen molar-refractivity contribution in [3.63, 3.8) is 0 Å². The second-order valence-electron chi connectivity index (χ2n) is 11.5. The number of benzene rings is 4. The van der Waals surface area contributed by atoms with Crippen LogP contribution in [0.15, 0.2) is 109 Å². The number of fused-ring (bicyclic) bond motifs is 2. The van der Waals surface area contributed by atoms with Crippen LogP contribution in [0.1, 0.15) is 22.3 Å². The molecule has 4 heterocycles.